The zero-order chi connectivity index (χ0) is 14.4. The van der Waals surface area contributed by atoms with Crippen molar-refractivity contribution in [1.29, 1.82) is 0 Å². The van der Waals surface area contributed by atoms with Crippen LogP contribution in [0.4, 0.5) is 0 Å². The highest BCUT2D eigenvalue weighted by Crippen LogP contribution is 2.17. The van der Waals surface area contributed by atoms with Crippen molar-refractivity contribution in [3.8, 4) is 0 Å². The Balaban J connectivity index is 1.89. The van der Waals surface area contributed by atoms with E-state index >= 15 is 0 Å². The van der Waals surface area contributed by atoms with Gasteiger partial charge in [0.15, 0.2) is 0 Å². The summed E-state index contributed by atoms with van der Waals surface area (Å²) in [4.78, 5) is 2.34. The molecule has 0 aliphatic heterocycles. The summed E-state index contributed by atoms with van der Waals surface area (Å²) in [6.07, 6.45) is 1.05. The number of benzene rings is 2. The molecule has 2 nitrogen and oxygen atoms in total. The minimum atomic E-state index is 0.606. The molecule has 2 rings (SSSR count). The zero-order valence-electron chi connectivity index (χ0n) is 11.8. The Labute approximate surface area is 129 Å². The van der Waals surface area contributed by atoms with E-state index in [0.29, 0.717) is 6.54 Å². The first-order valence-electron chi connectivity index (χ1n) is 6.89. The van der Waals surface area contributed by atoms with E-state index in [1.807, 2.05) is 0 Å². The van der Waals surface area contributed by atoms with Crippen molar-refractivity contribution in [2.45, 2.75) is 19.5 Å². The number of halogens is 1. The van der Waals surface area contributed by atoms with Crippen molar-refractivity contribution in [1.82, 2.24) is 4.90 Å². The molecule has 0 saturated carbocycles. The van der Waals surface area contributed by atoms with E-state index < -0.39 is 0 Å². The summed E-state index contributed by atoms with van der Waals surface area (Å²) in [6.45, 7) is 2.60. The van der Waals surface area contributed by atoms with E-state index in [1.54, 1.807) is 0 Å². The van der Waals surface area contributed by atoms with Crippen LogP contribution in [0.2, 0.25) is 0 Å². The van der Waals surface area contributed by atoms with Gasteiger partial charge in [0.2, 0.25) is 0 Å². The van der Waals surface area contributed by atoms with Crippen LogP contribution in [-0.2, 0) is 19.5 Å². The molecule has 0 spiro atoms. The molecule has 0 saturated heterocycles. The summed E-state index contributed by atoms with van der Waals surface area (Å²) in [5, 5.41) is 0. The highest BCUT2D eigenvalue weighted by atomic mass is 79.9. The van der Waals surface area contributed by atoms with E-state index in [1.165, 1.54) is 21.2 Å². The Morgan fingerprint density at radius 1 is 1.05 bits per heavy atom. The van der Waals surface area contributed by atoms with E-state index in [2.05, 4.69) is 76.4 Å². The van der Waals surface area contributed by atoms with Crippen LogP contribution in [0.25, 0.3) is 0 Å². The van der Waals surface area contributed by atoms with Crippen LogP contribution in [0.1, 0.15) is 16.7 Å². The number of hydrogen-bond acceptors (Lipinski definition) is 2. The summed E-state index contributed by atoms with van der Waals surface area (Å²) >= 11 is 3.60. The van der Waals surface area contributed by atoms with Crippen LogP contribution < -0.4 is 5.73 Å². The van der Waals surface area contributed by atoms with Crippen molar-refractivity contribution in [3.63, 3.8) is 0 Å². The zero-order valence-corrected chi connectivity index (χ0v) is 13.4. The summed E-state index contributed by atoms with van der Waals surface area (Å²) in [7, 11) is 2.16. The van der Waals surface area contributed by atoms with Crippen molar-refractivity contribution in [2.24, 2.45) is 5.73 Å². The fourth-order valence-electron chi connectivity index (χ4n) is 2.26. The predicted octanol–water partition coefficient (Wildman–Crippen LogP) is 3.58. The van der Waals surface area contributed by atoms with Gasteiger partial charge in [-0.1, -0.05) is 58.4 Å². The van der Waals surface area contributed by atoms with Crippen LogP contribution in [0, 0.1) is 0 Å². The molecule has 106 valence electrons. The number of hydrogen-bond donors (Lipinski definition) is 1. The molecule has 2 aromatic carbocycles. The largest absolute Gasteiger partial charge is 0.326 e. The second-order valence-corrected chi connectivity index (χ2v) is 5.96. The van der Waals surface area contributed by atoms with Crippen LogP contribution in [0.15, 0.2) is 53.0 Å². The molecular weight excluding hydrogens is 312 g/mol. The maximum absolute atomic E-state index is 5.68. The van der Waals surface area contributed by atoms with Crippen molar-refractivity contribution in [2.75, 3.05) is 13.6 Å². The van der Waals surface area contributed by atoms with Gasteiger partial charge in [0.05, 0.1) is 0 Å². The Morgan fingerprint density at radius 2 is 1.80 bits per heavy atom. The Bertz CT molecular complexity index is 554. The molecule has 2 N–H and O–H groups in total. The molecule has 2 aromatic rings. The van der Waals surface area contributed by atoms with Gasteiger partial charge in [-0.05, 0) is 36.2 Å². The second-order valence-electron chi connectivity index (χ2n) is 5.10. The molecule has 20 heavy (non-hydrogen) atoms. The monoisotopic (exact) mass is 332 g/mol. The van der Waals surface area contributed by atoms with Gasteiger partial charge in [-0.2, -0.15) is 0 Å². The lowest BCUT2D eigenvalue weighted by molar-refractivity contribution is 0.331. The minimum absolute atomic E-state index is 0.606. The van der Waals surface area contributed by atoms with E-state index in [9.17, 15) is 0 Å². The Kier molecular flexibility index (Phi) is 5.77. The van der Waals surface area contributed by atoms with Crippen molar-refractivity contribution in [3.05, 3.63) is 69.7 Å². The van der Waals surface area contributed by atoms with Crippen LogP contribution in [0.3, 0.4) is 0 Å². The van der Waals surface area contributed by atoms with E-state index in [0.717, 1.165) is 19.5 Å². The predicted molar refractivity (Wildman–Crippen MR) is 88.5 cm³/mol. The lowest BCUT2D eigenvalue weighted by Crippen LogP contribution is -2.21. The standard InChI is InChI=1S/C17H21BrN2/c1-20(10-9-16-7-2-3-8-17(16)18)13-15-6-4-5-14(11-15)12-19/h2-8,11H,9-10,12-13,19H2,1H3. The molecule has 0 fully saturated rings. The quantitative estimate of drug-likeness (QED) is 0.875. The first-order valence-corrected chi connectivity index (χ1v) is 7.68. The molecular formula is C17H21BrN2. The summed E-state index contributed by atoms with van der Waals surface area (Å²) in [6, 6.07) is 16.9. The maximum atomic E-state index is 5.68. The SMILES string of the molecule is CN(CCc1ccccc1Br)Cc1cccc(CN)c1. The van der Waals surface area contributed by atoms with Gasteiger partial charge in [0.1, 0.15) is 0 Å². The number of nitrogens with zero attached hydrogens (tertiary/aromatic N) is 1. The fraction of sp³-hybridized carbons (Fsp3) is 0.294. The summed E-state index contributed by atoms with van der Waals surface area (Å²) in [5.41, 5.74) is 9.56. The highest BCUT2D eigenvalue weighted by Gasteiger charge is 2.04. The third-order valence-electron chi connectivity index (χ3n) is 3.40. The highest BCUT2D eigenvalue weighted by molar-refractivity contribution is 9.10. The molecule has 3 heteroatoms. The topological polar surface area (TPSA) is 29.3 Å². The molecule has 0 radical (unpaired) electrons. The Hall–Kier alpha value is -1.16. The number of likely N-dealkylation sites (N-methyl/N-ethyl adjacent to an activating group) is 1. The Morgan fingerprint density at radius 3 is 2.55 bits per heavy atom. The fourth-order valence-corrected chi connectivity index (χ4v) is 2.74. The van der Waals surface area contributed by atoms with Gasteiger partial charge in [-0.3, -0.25) is 0 Å². The van der Waals surface area contributed by atoms with Gasteiger partial charge < -0.3 is 10.6 Å². The molecule has 0 aliphatic carbocycles. The molecule has 0 bridgehead atoms. The lowest BCUT2D eigenvalue weighted by atomic mass is 10.1. The van der Waals surface area contributed by atoms with Crippen molar-refractivity contribution >= 4 is 15.9 Å². The van der Waals surface area contributed by atoms with Gasteiger partial charge >= 0.3 is 0 Å². The molecule has 0 unspecified atom stereocenters. The molecule has 0 amide bonds. The van der Waals surface area contributed by atoms with Gasteiger partial charge in [0, 0.05) is 24.1 Å². The van der Waals surface area contributed by atoms with Gasteiger partial charge in [0.25, 0.3) is 0 Å². The average Bonchev–Trinajstić information content (AvgIpc) is 2.46. The van der Waals surface area contributed by atoms with Crippen LogP contribution >= 0.6 is 15.9 Å². The van der Waals surface area contributed by atoms with Crippen molar-refractivity contribution < 1.29 is 0 Å². The maximum Gasteiger partial charge on any atom is 0.0230 e. The number of rotatable bonds is 6. The second kappa shape index (κ2) is 7.58. The first-order chi connectivity index (χ1) is 9.69. The van der Waals surface area contributed by atoms with Gasteiger partial charge in [-0.25, -0.2) is 0 Å². The third kappa shape index (κ3) is 4.44. The van der Waals surface area contributed by atoms with E-state index in [4.69, 9.17) is 5.73 Å². The summed E-state index contributed by atoms with van der Waals surface area (Å²) < 4.78 is 1.19. The van der Waals surface area contributed by atoms with Crippen LogP contribution in [0.5, 0.6) is 0 Å². The molecule has 0 aliphatic rings. The minimum Gasteiger partial charge on any atom is -0.326 e. The van der Waals surface area contributed by atoms with E-state index in [-0.39, 0.29) is 0 Å². The third-order valence-corrected chi connectivity index (χ3v) is 4.17. The number of nitrogens with two attached hydrogens (primary N) is 1. The van der Waals surface area contributed by atoms with Crippen LogP contribution in [-0.4, -0.2) is 18.5 Å². The summed E-state index contributed by atoms with van der Waals surface area (Å²) in [5.74, 6) is 0. The molecule has 0 aromatic heterocycles. The normalized spacial score (nSPS) is 11.0. The smallest absolute Gasteiger partial charge is 0.0230 e. The lowest BCUT2D eigenvalue weighted by Gasteiger charge is -2.17. The molecule has 0 atom stereocenters. The first kappa shape index (κ1) is 15.2. The molecule has 0 heterocycles. The van der Waals surface area contributed by atoms with Gasteiger partial charge in [-0.15, -0.1) is 0 Å². The average molecular weight is 333 g/mol.